The van der Waals surface area contributed by atoms with Crippen LogP contribution < -0.4 is 4.74 Å². The van der Waals surface area contributed by atoms with Crippen molar-refractivity contribution in [2.75, 3.05) is 13.7 Å². The van der Waals surface area contributed by atoms with Gasteiger partial charge in [-0.15, -0.1) is 0 Å². The number of rotatable bonds is 6. The standard InChI is InChI=1S/C14H14F3N3O2/c1-19(8-12-18-6-7-20(12)14(16)17)13(21)9-22-11-4-2-10(15)3-5-11/h2-7,14H,8-9H2,1H3. The summed E-state index contributed by atoms with van der Waals surface area (Å²) in [6.07, 6.45) is 2.39. The first kappa shape index (κ1) is 15.9. The summed E-state index contributed by atoms with van der Waals surface area (Å²) in [5, 5.41) is 0. The number of halogens is 3. The van der Waals surface area contributed by atoms with Gasteiger partial charge in [-0.1, -0.05) is 0 Å². The monoisotopic (exact) mass is 313 g/mol. The Balaban J connectivity index is 1.89. The van der Waals surface area contributed by atoms with E-state index in [4.69, 9.17) is 4.74 Å². The molecule has 1 aromatic carbocycles. The van der Waals surface area contributed by atoms with Gasteiger partial charge >= 0.3 is 6.55 Å². The molecule has 0 N–H and O–H groups in total. The van der Waals surface area contributed by atoms with Gasteiger partial charge in [0.1, 0.15) is 17.4 Å². The number of likely N-dealkylation sites (N-methyl/N-ethyl adjacent to an activating group) is 1. The highest BCUT2D eigenvalue weighted by atomic mass is 19.3. The number of carbonyl (C=O) groups is 1. The molecule has 0 aliphatic heterocycles. The maximum absolute atomic E-state index is 12.7. The first-order valence-corrected chi connectivity index (χ1v) is 6.39. The minimum atomic E-state index is -2.71. The van der Waals surface area contributed by atoms with Crippen LogP contribution in [0, 0.1) is 5.82 Å². The number of benzene rings is 1. The molecule has 0 bridgehead atoms. The number of imidazole rings is 1. The molecular weight excluding hydrogens is 299 g/mol. The highest BCUT2D eigenvalue weighted by Crippen LogP contribution is 2.14. The zero-order valence-electron chi connectivity index (χ0n) is 11.7. The van der Waals surface area contributed by atoms with Gasteiger partial charge in [-0.25, -0.2) is 9.37 Å². The third-order valence-corrected chi connectivity index (χ3v) is 2.94. The third kappa shape index (κ3) is 4.00. The van der Waals surface area contributed by atoms with Crippen LogP contribution in [-0.4, -0.2) is 34.0 Å². The number of aromatic nitrogens is 2. The quantitative estimate of drug-likeness (QED) is 0.823. The summed E-state index contributed by atoms with van der Waals surface area (Å²) in [6, 6.07) is 5.21. The smallest absolute Gasteiger partial charge is 0.319 e. The van der Waals surface area contributed by atoms with E-state index in [0.29, 0.717) is 10.3 Å². The maximum Gasteiger partial charge on any atom is 0.319 e. The second-order valence-corrected chi connectivity index (χ2v) is 4.52. The minimum absolute atomic E-state index is 0.0665. The predicted octanol–water partition coefficient (Wildman–Crippen LogP) is 2.45. The molecule has 118 valence electrons. The number of nitrogens with zero attached hydrogens (tertiary/aromatic N) is 3. The fourth-order valence-corrected chi connectivity index (χ4v) is 1.73. The van der Waals surface area contributed by atoms with Gasteiger partial charge in [0.2, 0.25) is 0 Å². The molecule has 5 nitrogen and oxygen atoms in total. The summed E-state index contributed by atoms with van der Waals surface area (Å²) in [6.45, 7) is -3.06. The van der Waals surface area contributed by atoms with Crippen molar-refractivity contribution in [1.29, 1.82) is 0 Å². The Morgan fingerprint density at radius 1 is 1.36 bits per heavy atom. The minimum Gasteiger partial charge on any atom is -0.484 e. The normalized spacial score (nSPS) is 10.8. The van der Waals surface area contributed by atoms with Gasteiger partial charge in [-0.3, -0.25) is 9.36 Å². The molecule has 1 amide bonds. The molecule has 22 heavy (non-hydrogen) atoms. The Bertz CT molecular complexity index is 629. The van der Waals surface area contributed by atoms with Crippen LogP contribution in [0.1, 0.15) is 12.4 Å². The van der Waals surface area contributed by atoms with Crippen molar-refractivity contribution >= 4 is 5.91 Å². The van der Waals surface area contributed by atoms with Crippen molar-refractivity contribution < 1.29 is 22.7 Å². The molecule has 0 aliphatic rings. The second kappa shape index (κ2) is 6.97. The third-order valence-electron chi connectivity index (χ3n) is 2.94. The molecule has 2 rings (SSSR count). The van der Waals surface area contributed by atoms with Crippen LogP contribution in [0.15, 0.2) is 36.7 Å². The molecule has 0 saturated carbocycles. The van der Waals surface area contributed by atoms with E-state index < -0.39 is 18.3 Å². The van der Waals surface area contributed by atoms with Gasteiger partial charge in [-0.05, 0) is 24.3 Å². The summed E-state index contributed by atoms with van der Waals surface area (Å²) < 4.78 is 44.0. The molecule has 1 aromatic heterocycles. The zero-order valence-corrected chi connectivity index (χ0v) is 11.7. The van der Waals surface area contributed by atoms with E-state index in [1.807, 2.05) is 0 Å². The van der Waals surface area contributed by atoms with E-state index in [1.54, 1.807) is 0 Å². The van der Waals surface area contributed by atoms with Gasteiger partial charge < -0.3 is 9.64 Å². The highest BCUT2D eigenvalue weighted by molar-refractivity contribution is 5.77. The lowest BCUT2D eigenvalue weighted by Crippen LogP contribution is -2.32. The number of carbonyl (C=O) groups excluding carboxylic acids is 1. The van der Waals surface area contributed by atoms with Crippen LogP contribution in [0.4, 0.5) is 13.2 Å². The Morgan fingerprint density at radius 3 is 2.68 bits per heavy atom. The second-order valence-electron chi connectivity index (χ2n) is 4.52. The molecule has 0 fully saturated rings. The molecule has 2 aromatic rings. The summed E-state index contributed by atoms with van der Waals surface area (Å²) in [5.74, 6) is -0.396. The Hall–Kier alpha value is -2.51. The zero-order chi connectivity index (χ0) is 16.1. The number of amides is 1. The lowest BCUT2D eigenvalue weighted by molar-refractivity contribution is -0.132. The average molecular weight is 313 g/mol. The van der Waals surface area contributed by atoms with Crippen LogP contribution in [0.2, 0.25) is 0 Å². The van der Waals surface area contributed by atoms with Crippen molar-refractivity contribution in [3.05, 3.63) is 48.3 Å². The van der Waals surface area contributed by atoms with Crippen molar-refractivity contribution in [2.45, 2.75) is 13.1 Å². The van der Waals surface area contributed by atoms with E-state index in [2.05, 4.69) is 4.98 Å². The fourth-order valence-electron chi connectivity index (χ4n) is 1.73. The van der Waals surface area contributed by atoms with E-state index >= 15 is 0 Å². The van der Waals surface area contributed by atoms with Gasteiger partial charge in [0.25, 0.3) is 5.91 Å². The first-order valence-electron chi connectivity index (χ1n) is 6.39. The molecule has 0 radical (unpaired) electrons. The summed E-state index contributed by atoms with van der Waals surface area (Å²) >= 11 is 0. The van der Waals surface area contributed by atoms with Crippen LogP contribution >= 0.6 is 0 Å². The summed E-state index contributed by atoms with van der Waals surface area (Å²) in [7, 11) is 1.46. The first-order chi connectivity index (χ1) is 10.5. The topological polar surface area (TPSA) is 47.4 Å². The number of ether oxygens (including phenoxy) is 1. The van der Waals surface area contributed by atoms with E-state index in [-0.39, 0.29) is 19.0 Å². The molecule has 8 heteroatoms. The Morgan fingerprint density at radius 2 is 2.05 bits per heavy atom. The van der Waals surface area contributed by atoms with Crippen molar-refractivity contribution in [2.24, 2.45) is 0 Å². The molecule has 0 unspecified atom stereocenters. The number of alkyl halides is 2. The number of hydrogen-bond acceptors (Lipinski definition) is 3. The molecule has 0 atom stereocenters. The van der Waals surface area contributed by atoms with Gasteiger partial charge in [0.15, 0.2) is 6.61 Å². The average Bonchev–Trinajstić information content (AvgIpc) is 2.94. The van der Waals surface area contributed by atoms with Gasteiger partial charge in [0, 0.05) is 19.4 Å². The number of hydrogen-bond donors (Lipinski definition) is 0. The molecular formula is C14H14F3N3O2. The largest absolute Gasteiger partial charge is 0.484 e. The molecule has 0 saturated heterocycles. The van der Waals surface area contributed by atoms with Crippen molar-refractivity contribution in [1.82, 2.24) is 14.5 Å². The van der Waals surface area contributed by atoms with Crippen LogP contribution in [0.3, 0.4) is 0 Å². The summed E-state index contributed by atoms with van der Waals surface area (Å²) in [5.41, 5.74) is 0. The fraction of sp³-hybridized carbons (Fsp3) is 0.286. The predicted molar refractivity (Wildman–Crippen MR) is 71.8 cm³/mol. The van der Waals surface area contributed by atoms with Crippen molar-refractivity contribution in [3.63, 3.8) is 0 Å². The maximum atomic E-state index is 12.7. The van der Waals surface area contributed by atoms with Crippen LogP contribution in [-0.2, 0) is 11.3 Å². The van der Waals surface area contributed by atoms with E-state index in [9.17, 15) is 18.0 Å². The highest BCUT2D eigenvalue weighted by Gasteiger charge is 2.16. The lowest BCUT2D eigenvalue weighted by Gasteiger charge is -2.17. The SMILES string of the molecule is CN(Cc1nccn1C(F)F)C(=O)COc1ccc(F)cc1. The van der Waals surface area contributed by atoms with Crippen molar-refractivity contribution in [3.8, 4) is 5.75 Å². The van der Waals surface area contributed by atoms with Crippen LogP contribution in [0.5, 0.6) is 5.75 Å². The molecule has 0 spiro atoms. The summed E-state index contributed by atoms with van der Waals surface area (Å²) in [4.78, 5) is 16.9. The van der Waals surface area contributed by atoms with Gasteiger partial charge in [0.05, 0.1) is 6.54 Å². The van der Waals surface area contributed by atoms with E-state index in [0.717, 1.165) is 6.20 Å². The Kier molecular flexibility index (Phi) is 5.03. The van der Waals surface area contributed by atoms with Crippen LogP contribution in [0.25, 0.3) is 0 Å². The molecule has 0 aliphatic carbocycles. The Labute approximate surface area is 124 Å². The van der Waals surface area contributed by atoms with Gasteiger partial charge in [-0.2, -0.15) is 8.78 Å². The van der Waals surface area contributed by atoms with E-state index in [1.165, 1.54) is 42.4 Å². The molecule has 1 heterocycles. The lowest BCUT2D eigenvalue weighted by atomic mass is 10.3.